The fourth-order valence-corrected chi connectivity index (χ4v) is 1.41. The number of hydrogen-bond acceptors (Lipinski definition) is 5. The first kappa shape index (κ1) is 15.7. The zero-order valence-electron chi connectivity index (χ0n) is 11.6. The molecule has 0 aliphatic heterocycles. The van der Waals surface area contributed by atoms with E-state index in [1.165, 1.54) is 13.2 Å². The van der Waals surface area contributed by atoms with Crippen LogP contribution in [0.2, 0.25) is 0 Å². The van der Waals surface area contributed by atoms with Crippen molar-refractivity contribution in [1.82, 2.24) is 0 Å². The normalized spacial score (nSPS) is 11.0. The van der Waals surface area contributed by atoms with Crippen LogP contribution in [0.25, 0.3) is 0 Å². The van der Waals surface area contributed by atoms with Crippen LogP contribution >= 0.6 is 0 Å². The number of amides is 1. The number of anilines is 2. The number of carbonyl (C=O) groups is 2. The summed E-state index contributed by atoms with van der Waals surface area (Å²) >= 11 is 0. The second-order valence-corrected chi connectivity index (χ2v) is 5.01. The van der Waals surface area contributed by atoms with Crippen LogP contribution in [0.5, 0.6) is 0 Å². The van der Waals surface area contributed by atoms with Gasteiger partial charge in [-0.3, -0.25) is 4.79 Å². The number of esters is 1. The Hall–Kier alpha value is -2.31. The molecule has 0 spiro atoms. The van der Waals surface area contributed by atoms with Crippen LogP contribution in [0.1, 0.15) is 24.2 Å². The van der Waals surface area contributed by atoms with Crippen LogP contribution in [0.3, 0.4) is 0 Å². The van der Waals surface area contributed by atoms with E-state index in [-0.39, 0.29) is 23.5 Å². The van der Waals surface area contributed by atoms with Crippen molar-refractivity contribution in [3.8, 4) is 0 Å². The van der Waals surface area contributed by atoms with Crippen LogP contribution in [-0.2, 0) is 9.53 Å². The van der Waals surface area contributed by atoms with Crippen molar-refractivity contribution < 1.29 is 18.7 Å². The van der Waals surface area contributed by atoms with Gasteiger partial charge in [0.2, 0.25) is 5.91 Å². The Morgan fingerprint density at radius 3 is 2.50 bits per heavy atom. The quantitative estimate of drug-likeness (QED) is 0.554. The largest absolute Gasteiger partial charge is 0.465 e. The Morgan fingerprint density at radius 1 is 1.40 bits per heavy atom. The standard InChI is InChI=1S/C13H18FN3O3/c1-13(2,12(16)19)6-17-10-4-7(11(18)20-3)9(15)5-8(10)14/h4-5,17H,6,15H2,1-3H3,(H2,16,19). The van der Waals surface area contributed by atoms with Gasteiger partial charge in [0.15, 0.2) is 0 Å². The highest BCUT2D eigenvalue weighted by Crippen LogP contribution is 2.24. The molecule has 0 aliphatic carbocycles. The summed E-state index contributed by atoms with van der Waals surface area (Å²) in [5.74, 6) is -1.82. The Bertz CT molecular complexity index is 544. The number of ether oxygens (including phenoxy) is 1. The molecule has 20 heavy (non-hydrogen) atoms. The molecule has 7 heteroatoms. The van der Waals surface area contributed by atoms with Gasteiger partial charge in [-0.05, 0) is 26.0 Å². The average Bonchev–Trinajstić information content (AvgIpc) is 2.36. The van der Waals surface area contributed by atoms with E-state index >= 15 is 0 Å². The minimum atomic E-state index is -0.862. The predicted molar refractivity (Wildman–Crippen MR) is 73.6 cm³/mol. The van der Waals surface area contributed by atoms with Gasteiger partial charge in [-0.25, -0.2) is 9.18 Å². The summed E-state index contributed by atoms with van der Waals surface area (Å²) in [5, 5.41) is 2.74. The number of rotatable bonds is 5. The van der Waals surface area contributed by atoms with Crippen LogP contribution in [0.15, 0.2) is 12.1 Å². The monoisotopic (exact) mass is 283 g/mol. The molecule has 0 bridgehead atoms. The highest BCUT2D eigenvalue weighted by Gasteiger charge is 2.25. The van der Waals surface area contributed by atoms with Gasteiger partial charge in [0.25, 0.3) is 0 Å². The lowest BCUT2D eigenvalue weighted by atomic mass is 9.92. The number of benzene rings is 1. The molecule has 1 aromatic carbocycles. The number of nitrogens with two attached hydrogens (primary N) is 2. The SMILES string of the molecule is COC(=O)c1cc(NCC(C)(C)C(N)=O)c(F)cc1N. The molecule has 6 nitrogen and oxygen atoms in total. The number of nitrogens with one attached hydrogen (secondary N) is 1. The van der Waals surface area contributed by atoms with E-state index in [2.05, 4.69) is 10.1 Å². The molecule has 5 N–H and O–H groups in total. The van der Waals surface area contributed by atoms with Gasteiger partial charge >= 0.3 is 5.97 Å². The maximum atomic E-state index is 13.8. The van der Waals surface area contributed by atoms with Crippen molar-refractivity contribution in [3.63, 3.8) is 0 Å². The number of nitrogen functional groups attached to an aromatic ring is 1. The topological polar surface area (TPSA) is 107 Å². The first-order valence-corrected chi connectivity index (χ1v) is 5.90. The molecule has 0 unspecified atom stereocenters. The Morgan fingerprint density at radius 2 is 2.00 bits per heavy atom. The molecule has 0 saturated carbocycles. The maximum absolute atomic E-state index is 13.8. The Labute approximate surface area is 116 Å². The third-order valence-corrected chi connectivity index (χ3v) is 2.93. The van der Waals surface area contributed by atoms with Gasteiger partial charge in [0.05, 0.1) is 23.8 Å². The molecule has 1 rings (SSSR count). The first-order valence-electron chi connectivity index (χ1n) is 5.90. The van der Waals surface area contributed by atoms with E-state index in [1.54, 1.807) is 13.8 Å². The molecule has 0 fully saturated rings. The minimum Gasteiger partial charge on any atom is -0.465 e. The van der Waals surface area contributed by atoms with Gasteiger partial charge in [-0.1, -0.05) is 0 Å². The lowest BCUT2D eigenvalue weighted by Gasteiger charge is -2.22. The lowest BCUT2D eigenvalue weighted by molar-refractivity contribution is -0.125. The van der Waals surface area contributed by atoms with Gasteiger partial charge in [0.1, 0.15) is 5.82 Å². The summed E-state index contributed by atoms with van der Waals surface area (Å²) in [6.07, 6.45) is 0. The van der Waals surface area contributed by atoms with Crippen molar-refractivity contribution in [2.45, 2.75) is 13.8 Å². The molecule has 0 radical (unpaired) electrons. The number of carbonyl (C=O) groups excluding carboxylic acids is 2. The first-order chi connectivity index (χ1) is 9.19. The molecular formula is C13H18FN3O3. The molecule has 0 heterocycles. The summed E-state index contributed by atoms with van der Waals surface area (Å²) in [5.41, 5.74) is 10.0. The third-order valence-electron chi connectivity index (χ3n) is 2.93. The van der Waals surface area contributed by atoms with Crippen LogP contribution in [-0.4, -0.2) is 25.5 Å². The Balaban J connectivity index is 3.02. The molecule has 0 atom stereocenters. The minimum absolute atomic E-state index is 0.0194. The molecule has 0 aromatic heterocycles. The van der Waals surface area contributed by atoms with Crippen LogP contribution < -0.4 is 16.8 Å². The van der Waals surface area contributed by atoms with Crippen molar-refractivity contribution in [1.29, 1.82) is 0 Å². The fraction of sp³-hybridized carbons (Fsp3) is 0.385. The van der Waals surface area contributed by atoms with Gasteiger partial charge < -0.3 is 21.5 Å². The molecule has 1 aromatic rings. The van der Waals surface area contributed by atoms with Crippen molar-refractivity contribution >= 4 is 23.3 Å². The smallest absolute Gasteiger partial charge is 0.340 e. The zero-order valence-corrected chi connectivity index (χ0v) is 11.6. The van der Waals surface area contributed by atoms with E-state index < -0.39 is 23.1 Å². The second kappa shape index (κ2) is 5.77. The second-order valence-electron chi connectivity index (χ2n) is 5.01. The van der Waals surface area contributed by atoms with Gasteiger partial charge in [0, 0.05) is 12.2 Å². The lowest BCUT2D eigenvalue weighted by Crippen LogP contribution is -2.37. The van der Waals surface area contributed by atoms with Crippen molar-refractivity contribution in [2.24, 2.45) is 11.1 Å². The molecule has 0 saturated heterocycles. The molecule has 0 aliphatic rings. The third kappa shape index (κ3) is 3.37. The number of primary amides is 1. The predicted octanol–water partition coefficient (Wildman–Crippen LogP) is 1.12. The summed E-state index contributed by atoms with van der Waals surface area (Å²) in [4.78, 5) is 22.7. The summed E-state index contributed by atoms with van der Waals surface area (Å²) in [7, 11) is 1.20. The van der Waals surface area contributed by atoms with Gasteiger partial charge in [-0.15, -0.1) is 0 Å². The van der Waals surface area contributed by atoms with Crippen LogP contribution in [0, 0.1) is 11.2 Å². The average molecular weight is 283 g/mol. The van der Waals surface area contributed by atoms with Crippen LogP contribution in [0.4, 0.5) is 15.8 Å². The van der Waals surface area contributed by atoms with Crippen molar-refractivity contribution in [2.75, 3.05) is 24.7 Å². The number of halogens is 1. The highest BCUT2D eigenvalue weighted by molar-refractivity contribution is 5.96. The molecule has 1 amide bonds. The van der Waals surface area contributed by atoms with E-state index in [0.717, 1.165) is 6.07 Å². The van der Waals surface area contributed by atoms with E-state index in [1.807, 2.05) is 0 Å². The number of hydrogen-bond donors (Lipinski definition) is 3. The van der Waals surface area contributed by atoms with Gasteiger partial charge in [-0.2, -0.15) is 0 Å². The molecular weight excluding hydrogens is 265 g/mol. The molecule has 110 valence electrons. The Kier molecular flexibility index (Phi) is 4.54. The zero-order chi connectivity index (χ0) is 15.5. The van der Waals surface area contributed by atoms with Crippen molar-refractivity contribution in [3.05, 3.63) is 23.5 Å². The van der Waals surface area contributed by atoms with E-state index in [9.17, 15) is 14.0 Å². The summed E-state index contributed by atoms with van der Waals surface area (Å²) < 4.78 is 18.3. The maximum Gasteiger partial charge on any atom is 0.340 e. The van der Waals surface area contributed by atoms with E-state index in [0.29, 0.717) is 0 Å². The van der Waals surface area contributed by atoms with E-state index in [4.69, 9.17) is 11.5 Å². The summed E-state index contributed by atoms with van der Waals surface area (Å²) in [6.45, 7) is 3.36. The summed E-state index contributed by atoms with van der Waals surface area (Å²) in [6, 6.07) is 2.26. The fourth-order valence-electron chi connectivity index (χ4n) is 1.41. The highest BCUT2D eigenvalue weighted by atomic mass is 19.1. The number of methoxy groups -OCH3 is 1.